The summed E-state index contributed by atoms with van der Waals surface area (Å²) in [7, 11) is 3.08. The molecule has 0 aliphatic carbocycles. The van der Waals surface area contributed by atoms with Gasteiger partial charge in [-0.05, 0) is 60.9 Å². The fourth-order valence-corrected chi connectivity index (χ4v) is 2.26. The number of rotatable bonds is 5. The van der Waals surface area contributed by atoms with Crippen molar-refractivity contribution in [1.29, 1.82) is 0 Å². The van der Waals surface area contributed by atoms with Crippen molar-refractivity contribution < 1.29 is 19.4 Å². The highest BCUT2D eigenvalue weighted by molar-refractivity contribution is 6.07. The molecule has 23 heavy (non-hydrogen) atoms. The molecular weight excluding hydrogens is 292 g/mol. The van der Waals surface area contributed by atoms with Gasteiger partial charge in [0.1, 0.15) is 5.75 Å². The average molecular weight is 312 g/mol. The largest absolute Gasteiger partial charge is 0.504 e. The third-order valence-electron chi connectivity index (χ3n) is 3.75. The van der Waals surface area contributed by atoms with Gasteiger partial charge in [0, 0.05) is 5.56 Å². The number of hydrogen-bond acceptors (Lipinski definition) is 4. The average Bonchev–Trinajstić information content (AvgIpc) is 2.55. The lowest BCUT2D eigenvalue weighted by molar-refractivity contribution is 0.104. The van der Waals surface area contributed by atoms with Gasteiger partial charge in [-0.1, -0.05) is 12.1 Å². The number of carbonyl (C=O) groups excluding carboxylic acids is 1. The van der Waals surface area contributed by atoms with Gasteiger partial charge in [0.15, 0.2) is 17.3 Å². The summed E-state index contributed by atoms with van der Waals surface area (Å²) >= 11 is 0. The summed E-state index contributed by atoms with van der Waals surface area (Å²) < 4.78 is 10.3. The predicted octanol–water partition coefficient (Wildman–Crippen LogP) is 3.92. The molecule has 4 heteroatoms. The van der Waals surface area contributed by atoms with Crippen molar-refractivity contribution >= 4 is 11.9 Å². The third kappa shape index (κ3) is 3.72. The Labute approximate surface area is 136 Å². The van der Waals surface area contributed by atoms with Crippen LogP contribution in [-0.4, -0.2) is 25.1 Å². The number of phenols is 1. The highest BCUT2D eigenvalue weighted by Crippen LogP contribution is 2.27. The van der Waals surface area contributed by atoms with Crippen molar-refractivity contribution in [2.75, 3.05) is 14.2 Å². The van der Waals surface area contributed by atoms with Gasteiger partial charge in [-0.15, -0.1) is 0 Å². The molecule has 0 heterocycles. The minimum atomic E-state index is -0.123. The van der Waals surface area contributed by atoms with E-state index >= 15 is 0 Å². The molecule has 0 amide bonds. The Morgan fingerprint density at radius 3 is 2.35 bits per heavy atom. The number of carbonyl (C=O) groups is 1. The fourth-order valence-electron chi connectivity index (χ4n) is 2.26. The maximum Gasteiger partial charge on any atom is 0.185 e. The number of ketones is 1. The van der Waals surface area contributed by atoms with E-state index in [1.807, 2.05) is 19.9 Å². The van der Waals surface area contributed by atoms with Gasteiger partial charge >= 0.3 is 0 Å². The smallest absolute Gasteiger partial charge is 0.185 e. The van der Waals surface area contributed by atoms with Crippen LogP contribution in [0.25, 0.3) is 6.08 Å². The van der Waals surface area contributed by atoms with Gasteiger partial charge in [-0.3, -0.25) is 4.79 Å². The highest BCUT2D eigenvalue weighted by Gasteiger charge is 2.09. The van der Waals surface area contributed by atoms with Crippen molar-refractivity contribution in [2.24, 2.45) is 0 Å². The number of benzene rings is 2. The summed E-state index contributed by atoms with van der Waals surface area (Å²) in [6.07, 6.45) is 3.13. The van der Waals surface area contributed by atoms with Crippen LogP contribution in [0.5, 0.6) is 17.2 Å². The molecule has 1 N–H and O–H groups in total. The number of aromatic hydroxyl groups is 1. The standard InChI is InChI=1S/C19H20O4/c1-12-9-15(11-19(23-4)13(12)2)16(20)7-5-14-6-8-18(22-3)17(21)10-14/h5-11,21H,1-4H3/b7-5+. The van der Waals surface area contributed by atoms with E-state index < -0.39 is 0 Å². The number of allylic oxidation sites excluding steroid dienone is 1. The van der Waals surface area contributed by atoms with Gasteiger partial charge in [0.2, 0.25) is 0 Å². The molecule has 0 aliphatic heterocycles. The van der Waals surface area contributed by atoms with Gasteiger partial charge < -0.3 is 14.6 Å². The first-order valence-electron chi connectivity index (χ1n) is 7.21. The number of aryl methyl sites for hydroxylation is 1. The van der Waals surface area contributed by atoms with Crippen LogP contribution in [0.15, 0.2) is 36.4 Å². The molecule has 0 bridgehead atoms. The zero-order valence-corrected chi connectivity index (χ0v) is 13.7. The van der Waals surface area contributed by atoms with Crippen LogP contribution in [0.1, 0.15) is 27.0 Å². The number of methoxy groups -OCH3 is 2. The first kappa shape index (κ1) is 16.6. The van der Waals surface area contributed by atoms with E-state index in [0.717, 1.165) is 11.1 Å². The van der Waals surface area contributed by atoms with Crippen LogP contribution in [0.4, 0.5) is 0 Å². The molecule has 0 atom stereocenters. The van der Waals surface area contributed by atoms with E-state index in [0.29, 0.717) is 22.6 Å². The second kappa shape index (κ2) is 7.01. The van der Waals surface area contributed by atoms with Crippen molar-refractivity contribution in [3.63, 3.8) is 0 Å². The van der Waals surface area contributed by atoms with Gasteiger partial charge in [0.25, 0.3) is 0 Å². The normalized spacial score (nSPS) is 10.8. The van der Waals surface area contributed by atoms with E-state index in [-0.39, 0.29) is 11.5 Å². The molecule has 0 saturated heterocycles. The second-order valence-electron chi connectivity index (χ2n) is 5.25. The van der Waals surface area contributed by atoms with Gasteiger partial charge in [-0.25, -0.2) is 0 Å². The molecule has 120 valence electrons. The Bertz CT molecular complexity index is 760. The van der Waals surface area contributed by atoms with Crippen molar-refractivity contribution in [1.82, 2.24) is 0 Å². The maximum absolute atomic E-state index is 12.3. The zero-order valence-electron chi connectivity index (χ0n) is 13.7. The van der Waals surface area contributed by atoms with Crippen LogP contribution in [0.3, 0.4) is 0 Å². The van der Waals surface area contributed by atoms with E-state index in [2.05, 4.69) is 0 Å². The Morgan fingerprint density at radius 1 is 1.04 bits per heavy atom. The molecular formula is C19H20O4. The quantitative estimate of drug-likeness (QED) is 0.671. The van der Waals surface area contributed by atoms with Gasteiger partial charge in [0.05, 0.1) is 14.2 Å². The molecule has 2 aromatic carbocycles. The van der Waals surface area contributed by atoms with Crippen LogP contribution in [0.2, 0.25) is 0 Å². The molecule has 4 nitrogen and oxygen atoms in total. The molecule has 0 saturated carbocycles. The first-order chi connectivity index (χ1) is 11.0. The molecule has 0 fully saturated rings. The molecule has 0 unspecified atom stereocenters. The van der Waals surface area contributed by atoms with E-state index in [4.69, 9.17) is 9.47 Å². The maximum atomic E-state index is 12.3. The SMILES string of the molecule is COc1ccc(/C=C/C(=O)c2cc(C)c(C)c(OC)c2)cc1O. The topological polar surface area (TPSA) is 55.8 Å². The minimum Gasteiger partial charge on any atom is -0.504 e. The van der Waals surface area contributed by atoms with Crippen LogP contribution in [0, 0.1) is 13.8 Å². The van der Waals surface area contributed by atoms with Crippen molar-refractivity contribution in [3.05, 3.63) is 58.7 Å². The lowest BCUT2D eigenvalue weighted by Crippen LogP contribution is -1.99. The molecule has 0 aliphatic rings. The number of ether oxygens (including phenoxy) is 2. The third-order valence-corrected chi connectivity index (χ3v) is 3.75. The fraction of sp³-hybridized carbons (Fsp3) is 0.211. The first-order valence-corrected chi connectivity index (χ1v) is 7.21. The second-order valence-corrected chi connectivity index (χ2v) is 5.25. The Morgan fingerprint density at radius 2 is 1.74 bits per heavy atom. The van der Waals surface area contributed by atoms with E-state index in [1.165, 1.54) is 13.2 Å². The van der Waals surface area contributed by atoms with Crippen LogP contribution >= 0.6 is 0 Å². The lowest BCUT2D eigenvalue weighted by atomic mass is 10.0. The van der Waals surface area contributed by atoms with Gasteiger partial charge in [-0.2, -0.15) is 0 Å². The van der Waals surface area contributed by atoms with Crippen molar-refractivity contribution in [2.45, 2.75) is 13.8 Å². The van der Waals surface area contributed by atoms with E-state index in [9.17, 15) is 9.90 Å². The molecule has 2 rings (SSSR count). The van der Waals surface area contributed by atoms with Crippen molar-refractivity contribution in [3.8, 4) is 17.2 Å². The van der Waals surface area contributed by atoms with Crippen LogP contribution in [-0.2, 0) is 0 Å². The number of phenolic OH excluding ortho intramolecular Hbond substituents is 1. The molecule has 0 radical (unpaired) electrons. The Kier molecular flexibility index (Phi) is 5.06. The lowest BCUT2D eigenvalue weighted by Gasteiger charge is -2.09. The summed E-state index contributed by atoms with van der Waals surface area (Å²) in [4.78, 5) is 12.3. The molecule has 2 aromatic rings. The van der Waals surface area contributed by atoms with Crippen LogP contribution < -0.4 is 9.47 Å². The summed E-state index contributed by atoms with van der Waals surface area (Å²) in [5.74, 6) is 1.01. The Hall–Kier alpha value is -2.75. The Balaban J connectivity index is 2.25. The van der Waals surface area contributed by atoms with E-state index in [1.54, 1.807) is 37.5 Å². The zero-order chi connectivity index (χ0) is 17.0. The highest BCUT2D eigenvalue weighted by atomic mass is 16.5. The monoisotopic (exact) mass is 312 g/mol. The summed E-state index contributed by atoms with van der Waals surface area (Å²) in [6, 6.07) is 8.54. The predicted molar refractivity (Wildman–Crippen MR) is 90.5 cm³/mol. The summed E-state index contributed by atoms with van der Waals surface area (Å²) in [5.41, 5.74) is 3.31. The molecule has 0 aromatic heterocycles. The number of hydrogen-bond donors (Lipinski definition) is 1. The summed E-state index contributed by atoms with van der Waals surface area (Å²) in [6.45, 7) is 3.90. The summed E-state index contributed by atoms with van der Waals surface area (Å²) in [5, 5.41) is 9.75. The minimum absolute atomic E-state index is 0.0370. The molecule has 0 spiro atoms.